The third-order valence-corrected chi connectivity index (χ3v) is 2.94. The highest BCUT2D eigenvalue weighted by Crippen LogP contribution is 2.26. The van der Waals surface area contributed by atoms with Gasteiger partial charge in [-0.3, -0.25) is 0 Å². The number of esters is 1. The van der Waals surface area contributed by atoms with Gasteiger partial charge in [-0.1, -0.05) is 36.4 Å². The fourth-order valence-corrected chi connectivity index (χ4v) is 1.99. The van der Waals surface area contributed by atoms with E-state index in [1.54, 1.807) is 12.1 Å². The van der Waals surface area contributed by atoms with E-state index in [0.717, 1.165) is 11.1 Å². The number of ether oxygens (including phenoxy) is 1. The molecule has 0 aliphatic carbocycles. The maximum atomic E-state index is 11.7. The average Bonchev–Trinajstić information content (AvgIpc) is 2.45. The summed E-state index contributed by atoms with van der Waals surface area (Å²) in [5, 5.41) is 9.92. The topological polar surface area (TPSA) is 46.5 Å². The molecule has 2 aromatic rings. The van der Waals surface area contributed by atoms with E-state index in [9.17, 15) is 9.90 Å². The van der Waals surface area contributed by atoms with Gasteiger partial charge in [0.05, 0.1) is 0 Å². The predicted molar refractivity (Wildman–Crippen MR) is 88.4 cm³/mol. The van der Waals surface area contributed by atoms with Crippen LogP contribution < -0.4 is 0 Å². The van der Waals surface area contributed by atoms with Crippen molar-refractivity contribution in [3.05, 3.63) is 60.2 Å². The predicted octanol–water partition coefficient (Wildman–Crippen LogP) is 4.41. The maximum absolute atomic E-state index is 11.7. The zero-order chi connectivity index (χ0) is 16.2. The van der Waals surface area contributed by atoms with Crippen LogP contribution in [0.3, 0.4) is 0 Å². The molecule has 0 radical (unpaired) electrons. The average molecular weight is 296 g/mol. The van der Waals surface area contributed by atoms with E-state index in [-0.39, 0.29) is 5.75 Å². The summed E-state index contributed by atoms with van der Waals surface area (Å²) in [6, 6.07) is 15.2. The van der Waals surface area contributed by atoms with Crippen LogP contribution in [0.5, 0.6) is 5.75 Å². The SMILES string of the molecule is CC(C)(C)OC(=O)/C=C/c1cc(-c2ccccc2)ccc1O. The molecule has 0 aromatic heterocycles. The minimum Gasteiger partial charge on any atom is -0.507 e. The lowest BCUT2D eigenvalue weighted by Gasteiger charge is -2.17. The lowest BCUT2D eigenvalue weighted by atomic mass is 10.0. The van der Waals surface area contributed by atoms with Gasteiger partial charge in [0.25, 0.3) is 0 Å². The van der Waals surface area contributed by atoms with E-state index in [1.807, 2.05) is 63.2 Å². The largest absolute Gasteiger partial charge is 0.507 e. The Morgan fingerprint density at radius 2 is 1.73 bits per heavy atom. The smallest absolute Gasteiger partial charge is 0.331 e. The Bertz CT molecular complexity index is 680. The molecule has 3 heteroatoms. The Morgan fingerprint density at radius 3 is 2.36 bits per heavy atom. The first kappa shape index (κ1) is 15.8. The summed E-state index contributed by atoms with van der Waals surface area (Å²) in [5.74, 6) is -0.309. The number of carbonyl (C=O) groups excluding carboxylic acids is 1. The molecular formula is C19H20O3. The fraction of sp³-hybridized carbons (Fsp3) is 0.211. The summed E-state index contributed by atoms with van der Waals surface area (Å²) in [7, 11) is 0. The fourth-order valence-electron chi connectivity index (χ4n) is 1.99. The maximum Gasteiger partial charge on any atom is 0.331 e. The van der Waals surface area contributed by atoms with Gasteiger partial charge in [0.1, 0.15) is 11.4 Å². The summed E-state index contributed by atoms with van der Waals surface area (Å²) in [4.78, 5) is 11.7. The second-order valence-electron chi connectivity index (χ2n) is 6.01. The first-order chi connectivity index (χ1) is 10.3. The quantitative estimate of drug-likeness (QED) is 0.674. The third kappa shape index (κ3) is 4.48. The number of hydrogen-bond acceptors (Lipinski definition) is 3. The van der Waals surface area contributed by atoms with Gasteiger partial charge in [-0.15, -0.1) is 0 Å². The monoisotopic (exact) mass is 296 g/mol. The molecule has 3 nitrogen and oxygen atoms in total. The van der Waals surface area contributed by atoms with E-state index in [2.05, 4.69) is 0 Å². The van der Waals surface area contributed by atoms with Crippen LogP contribution in [0.4, 0.5) is 0 Å². The van der Waals surface area contributed by atoms with Crippen LogP contribution in [0, 0.1) is 0 Å². The van der Waals surface area contributed by atoms with Crippen molar-refractivity contribution in [2.24, 2.45) is 0 Å². The zero-order valence-corrected chi connectivity index (χ0v) is 13.0. The van der Waals surface area contributed by atoms with Gasteiger partial charge in [0.2, 0.25) is 0 Å². The highest BCUT2D eigenvalue weighted by atomic mass is 16.6. The van der Waals surface area contributed by atoms with Crippen LogP contribution in [-0.4, -0.2) is 16.7 Å². The lowest BCUT2D eigenvalue weighted by molar-refractivity contribution is -0.148. The number of hydrogen-bond donors (Lipinski definition) is 1. The number of benzene rings is 2. The summed E-state index contributed by atoms with van der Waals surface area (Å²) in [6.07, 6.45) is 2.89. The molecule has 114 valence electrons. The normalized spacial score (nSPS) is 11.6. The van der Waals surface area contributed by atoms with Crippen LogP contribution in [0.25, 0.3) is 17.2 Å². The van der Waals surface area contributed by atoms with Crippen molar-refractivity contribution in [1.29, 1.82) is 0 Å². The minimum absolute atomic E-state index is 0.125. The van der Waals surface area contributed by atoms with Crippen molar-refractivity contribution in [3.8, 4) is 16.9 Å². The Hall–Kier alpha value is -2.55. The van der Waals surface area contributed by atoms with Crippen molar-refractivity contribution in [1.82, 2.24) is 0 Å². The molecule has 0 unspecified atom stereocenters. The number of aromatic hydroxyl groups is 1. The van der Waals surface area contributed by atoms with Crippen LogP contribution in [0.1, 0.15) is 26.3 Å². The molecule has 0 heterocycles. The number of carbonyl (C=O) groups is 1. The standard InChI is InChI=1S/C19H20O3/c1-19(2,3)22-18(21)12-10-16-13-15(9-11-17(16)20)14-7-5-4-6-8-14/h4-13,20H,1-3H3/b12-10+. The molecule has 1 N–H and O–H groups in total. The first-order valence-electron chi connectivity index (χ1n) is 7.15. The molecule has 0 bridgehead atoms. The van der Waals surface area contributed by atoms with Crippen molar-refractivity contribution >= 4 is 12.0 Å². The van der Waals surface area contributed by atoms with Gasteiger partial charge in [0.15, 0.2) is 0 Å². The molecule has 0 aliphatic rings. The van der Waals surface area contributed by atoms with Crippen LogP contribution in [0.2, 0.25) is 0 Å². The zero-order valence-electron chi connectivity index (χ0n) is 13.0. The molecule has 0 atom stereocenters. The first-order valence-corrected chi connectivity index (χ1v) is 7.15. The second kappa shape index (κ2) is 6.48. The van der Waals surface area contributed by atoms with E-state index in [4.69, 9.17) is 4.74 Å². The Balaban J connectivity index is 2.23. The van der Waals surface area contributed by atoms with Crippen LogP contribution in [-0.2, 0) is 9.53 Å². The summed E-state index contributed by atoms with van der Waals surface area (Å²) >= 11 is 0. The van der Waals surface area contributed by atoms with Crippen molar-refractivity contribution < 1.29 is 14.6 Å². The highest BCUT2D eigenvalue weighted by molar-refractivity contribution is 5.88. The van der Waals surface area contributed by atoms with Gasteiger partial charge >= 0.3 is 5.97 Å². The molecule has 2 aromatic carbocycles. The molecule has 22 heavy (non-hydrogen) atoms. The summed E-state index contributed by atoms with van der Waals surface area (Å²) in [5.41, 5.74) is 2.07. The Morgan fingerprint density at radius 1 is 1.05 bits per heavy atom. The number of rotatable bonds is 3. The lowest BCUT2D eigenvalue weighted by Crippen LogP contribution is -2.22. The van der Waals surface area contributed by atoms with Crippen LogP contribution in [0.15, 0.2) is 54.6 Å². The van der Waals surface area contributed by atoms with E-state index < -0.39 is 11.6 Å². The van der Waals surface area contributed by atoms with Crippen molar-refractivity contribution in [2.45, 2.75) is 26.4 Å². The molecule has 0 saturated heterocycles. The molecule has 2 rings (SSSR count). The van der Waals surface area contributed by atoms with Crippen molar-refractivity contribution in [3.63, 3.8) is 0 Å². The third-order valence-electron chi connectivity index (χ3n) is 2.94. The molecule has 0 amide bonds. The molecular weight excluding hydrogens is 276 g/mol. The van der Waals surface area contributed by atoms with Gasteiger partial charge in [-0.2, -0.15) is 0 Å². The molecule has 0 saturated carbocycles. The Labute approximate surface area is 130 Å². The van der Waals surface area contributed by atoms with Crippen LogP contribution >= 0.6 is 0 Å². The van der Waals surface area contributed by atoms with Gasteiger partial charge in [-0.25, -0.2) is 4.79 Å². The molecule has 0 aliphatic heterocycles. The number of phenolic OH excluding ortho intramolecular Hbond substituents is 1. The van der Waals surface area contributed by atoms with E-state index in [0.29, 0.717) is 5.56 Å². The number of phenols is 1. The van der Waals surface area contributed by atoms with Crippen molar-refractivity contribution in [2.75, 3.05) is 0 Å². The second-order valence-corrected chi connectivity index (χ2v) is 6.01. The van der Waals surface area contributed by atoms with Gasteiger partial charge < -0.3 is 9.84 Å². The summed E-state index contributed by atoms with van der Waals surface area (Å²) in [6.45, 7) is 5.44. The van der Waals surface area contributed by atoms with E-state index >= 15 is 0 Å². The molecule has 0 spiro atoms. The highest BCUT2D eigenvalue weighted by Gasteiger charge is 2.14. The minimum atomic E-state index is -0.532. The molecule has 0 fully saturated rings. The van der Waals surface area contributed by atoms with E-state index in [1.165, 1.54) is 6.08 Å². The Kier molecular flexibility index (Phi) is 4.66. The summed E-state index contributed by atoms with van der Waals surface area (Å²) < 4.78 is 5.21. The van der Waals surface area contributed by atoms with Gasteiger partial charge in [0, 0.05) is 11.6 Å². The van der Waals surface area contributed by atoms with Gasteiger partial charge in [-0.05, 0) is 50.1 Å².